The zero-order valence-corrected chi connectivity index (χ0v) is 16.8. The highest BCUT2D eigenvalue weighted by Gasteiger charge is 2.26. The van der Waals surface area contributed by atoms with E-state index < -0.39 is 12.1 Å². The third-order valence-corrected chi connectivity index (χ3v) is 3.97. The summed E-state index contributed by atoms with van der Waals surface area (Å²) in [5.41, 5.74) is 0. The zero-order valence-electron chi connectivity index (χ0n) is 16.0. The number of rotatable bonds is 8. The van der Waals surface area contributed by atoms with E-state index in [1.54, 1.807) is 43.3 Å². The second kappa shape index (κ2) is 10.5. The highest BCUT2D eigenvalue weighted by molar-refractivity contribution is 6.30. The van der Waals surface area contributed by atoms with Gasteiger partial charge in [-0.1, -0.05) is 43.6 Å². The fourth-order valence-corrected chi connectivity index (χ4v) is 2.43. The van der Waals surface area contributed by atoms with Crippen molar-refractivity contribution in [3.63, 3.8) is 0 Å². The molecular formula is C20H24ClN3O4. The molecular weight excluding hydrogens is 382 g/mol. The summed E-state index contributed by atoms with van der Waals surface area (Å²) >= 11 is 5.78. The van der Waals surface area contributed by atoms with Crippen molar-refractivity contribution in [2.75, 3.05) is 6.61 Å². The van der Waals surface area contributed by atoms with Crippen LogP contribution in [0.4, 0.5) is 4.79 Å². The molecule has 150 valence electrons. The zero-order chi connectivity index (χ0) is 20.5. The molecule has 0 saturated carbocycles. The van der Waals surface area contributed by atoms with Crippen molar-refractivity contribution < 1.29 is 19.1 Å². The van der Waals surface area contributed by atoms with Crippen LogP contribution in [0, 0.1) is 5.92 Å². The summed E-state index contributed by atoms with van der Waals surface area (Å²) in [4.78, 5) is 28.7. The minimum Gasteiger partial charge on any atom is -0.475 e. The van der Waals surface area contributed by atoms with Crippen LogP contribution in [0.5, 0.6) is 11.6 Å². The lowest BCUT2D eigenvalue weighted by molar-refractivity contribution is -0.124. The Bertz CT molecular complexity index is 769. The van der Waals surface area contributed by atoms with Gasteiger partial charge in [0.25, 0.3) is 0 Å². The number of pyridine rings is 1. The molecule has 0 saturated heterocycles. The lowest BCUT2D eigenvalue weighted by Crippen LogP contribution is -2.53. The van der Waals surface area contributed by atoms with Crippen LogP contribution < -0.4 is 20.1 Å². The second-order valence-electron chi connectivity index (χ2n) is 6.60. The van der Waals surface area contributed by atoms with Gasteiger partial charge in [-0.2, -0.15) is 0 Å². The van der Waals surface area contributed by atoms with E-state index in [1.807, 2.05) is 19.9 Å². The van der Waals surface area contributed by atoms with Crippen LogP contribution in [0.2, 0.25) is 5.02 Å². The second-order valence-corrected chi connectivity index (χ2v) is 7.04. The molecule has 7 nitrogen and oxygen atoms in total. The highest BCUT2D eigenvalue weighted by Crippen LogP contribution is 2.12. The molecule has 0 spiro atoms. The third kappa shape index (κ3) is 7.08. The van der Waals surface area contributed by atoms with Crippen molar-refractivity contribution in [3.05, 3.63) is 53.7 Å². The third-order valence-electron chi connectivity index (χ3n) is 3.75. The Morgan fingerprint density at radius 3 is 2.39 bits per heavy atom. The number of halogens is 1. The quantitative estimate of drug-likeness (QED) is 0.702. The van der Waals surface area contributed by atoms with Gasteiger partial charge >= 0.3 is 6.09 Å². The maximum Gasteiger partial charge on any atom is 0.413 e. The van der Waals surface area contributed by atoms with Crippen molar-refractivity contribution >= 4 is 23.6 Å². The monoisotopic (exact) mass is 405 g/mol. The molecule has 0 aliphatic carbocycles. The van der Waals surface area contributed by atoms with Gasteiger partial charge in [-0.3, -0.25) is 4.79 Å². The first-order valence-corrected chi connectivity index (χ1v) is 9.31. The van der Waals surface area contributed by atoms with Crippen LogP contribution in [0.15, 0.2) is 48.7 Å². The molecule has 0 fully saturated rings. The first kappa shape index (κ1) is 21.5. The molecule has 0 bridgehead atoms. The first-order valence-electron chi connectivity index (χ1n) is 8.93. The number of benzene rings is 1. The number of hydrogen-bond acceptors (Lipinski definition) is 5. The molecule has 2 amide bonds. The van der Waals surface area contributed by atoms with E-state index in [-0.39, 0.29) is 24.5 Å². The molecule has 2 rings (SSSR count). The Balaban J connectivity index is 1.85. The molecule has 8 heteroatoms. The first-order chi connectivity index (χ1) is 13.3. The molecule has 1 aromatic carbocycles. The topological polar surface area (TPSA) is 89.5 Å². The maximum atomic E-state index is 12.6. The molecule has 1 aromatic heterocycles. The Hall–Kier alpha value is -2.80. The number of nitrogens with zero attached hydrogens (tertiary/aromatic N) is 1. The normalized spacial score (nSPS) is 12.8. The number of amides is 2. The summed E-state index contributed by atoms with van der Waals surface area (Å²) in [6.45, 7) is 5.70. The maximum absolute atomic E-state index is 12.6. The fourth-order valence-electron chi connectivity index (χ4n) is 2.32. The van der Waals surface area contributed by atoms with Crippen molar-refractivity contribution in [2.24, 2.45) is 5.92 Å². The summed E-state index contributed by atoms with van der Waals surface area (Å²) in [5.74, 6) is 0.366. The molecule has 0 radical (unpaired) electrons. The molecule has 1 heterocycles. The minimum atomic E-state index is -0.743. The van der Waals surface area contributed by atoms with Gasteiger partial charge in [-0.05, 0) is 31.0 Å². The van der Waals surface area contributed by atoms with E-state index in [9.17, 15) is 9.59 Å². The van der Waals surface area contributed by atoms with E-state index in [4.69, 9.17) is 21.1 Å². The number of carbonyl (C=O) groups excluding carboxylic acids is 2. The van der Waals surface area contributed by atoms with E-state index in [0.717, 1.165) is 0 Å². The molecule has 2 aromatic rings. The van der Waals surface area contributed by atoms with Gasteiger partial charge in [0.2, 0.25) is 11.8 Å². The number of aromatic nitrogens is 1. The lowest BCUT2D eigenvalue weighted by Gasteiger charge is -2.23. The van der Waals surface area contributed by atoms with Crippen LogP contribution >= 0.6 is 11.6 Å². The van der Waals surface area contributed by atoms with Crippen molar-refractivity contribution in [1.82, 2.24) is 15.6 Å². The van der Waals surface area contributed by atoms with E-state index in [1.165, 1.54) is 6.20 Å². The van der Waals surface area contributed by atoms with Gasteiger partial charge in [0.05, 0.1) is 11.1 Å². The molecule has 0 aliphatic rings. The summed E-state index contributed by atoms with van der Waals surface area (Å²) in [5, 5.41) is 5.95. The van der Waals surface area contributed by atoms with E-state index >= 15 is 0 Å². The standard InChI is InChI=1S/C20H24ClN3O4/c1-13(2)18(24-20(26)28-16-7-5-4-6-8-16)19(25)23-14(3)12-27-17-10-9-15(21)11-22-17/h4-11,13-14,18H,12H2,1-3H3,(H,23,25)(H,24,26)/t14?,18-/m0/s1. The summed E-state index contributed by atoms with van der Waals surface area (Å²) in [6.07, 6.45) is 0.798. The SMILES string of the molecule is CC(COc1ccc(Cl)cn1)NC(=O)[C@@H](NC(=O)Oc1ccccc1)C(C)C. The molecule has 2 atom stereocenters. The number of para-hydroxylation sites is 1. The van der Waals surface area contributed by atoms with E-state index in [0.29, 0.717) is 16.7 Å². The largest absolute Gasteiger partial charge is 0.475 e. The molecule has 2 N–H and O–H groups in total. The molecule has 28 heavy (non-hydrogen) atoms. The minimum absolute atomic E-state index is 0.130. The van der Waals surface area contributed by atoms with Crippen LogP contribution in [0.1, 0.15) is 20.8 Å². The summed E-state index contributed by atoms with van der Waals surface area (Å²) < 4.78 is 10.7. The van der Waals surface area contributed by atoms with Crippen molar-refractivity contribution in [2.45, 2.75) is 32.9 Å². The predicted octanol–water partition coefficient (Wildman–Crippen LogP) is 3.43. The summed E-state index contributed by atoms with van der Waals surface area (Å²) in [6, 6.07) is 10.9. The van der Waals surface area contributed by atoms with Crippen LogP contribution in [0.25, 0.3) is 0 Å². The number of ether oxygens (including phenoxy) is 2. The lowest BCUT2D eigenvalue weighted by atomic mass is 10.0. The Labute approximate surface area is 169 Å². The van der Waals surface area contributed by atoms with Gasteiger partial charge in [0.15, 0.2) is 0 Å². The van der Waals surface area contributed by atoms with E-state index in [2.05, 4.69) is 15.6 Å². The average molecular weight is 406 g/mol. The number of carbonyl (C=O) groups is 2. The number of hydrogen-bond donors (Lipinski definition) is 2. The van der Waals surface area contributed by atoms with Gasteiger partial charge in [0.1, 0.15) is 18.4 Å². The smallest absolute Gasteiger partial charge is 0.413 e. The van der Waals surface area contributed by atoms with Crippen molar-refractivity contribution in [1.29, 1.82) is 0 Å². The van der Waals surface area contributed by atoms with Gasteiger partial charge < -0.3 is 20.1 Å². The van der Waals surface area contributed by atoms with Crippen LogP contribution in [-0.4, -0.2) is 35.7 Å². The fraction of sp³-hybridized carbons (Fsp3) is 0.350. The Morgan fingerprint density at radius 2 is 1.79 bits per heavy atom. The summed E-state index contributed by atoms with van der Waals surface area (Å²) in [7, 11) is 0. The van der Waals surface area contributed by atoms with Gasteiger partial charge in [0, 0.05) is 12.3 Å². The van der Waals surface area contributed by atoms with Gasteiger partial charge in [-0.15, -0.1) is 0 Å². The Kier molecular flexibility index (Phi) is 8.07. The molecule has 1 unspecified atom stereocenters. The van der Waals surface area contributed by atoms with Crippen LogP contribution in [0.3, 0.4) is 0 Å². The molecule has 0 aliphatic heterocycles. The highest BCUT2D eigenvalue weighted by atomic mass is 35.5. The average Bonchev–Trinajstić information content (AvgIpc) is 2.66. The number of nitrogens with one attached hydrogen (secondary N) is 2. The Morgan fingerprint density at radius 1 is 1.07 bits per heavy atom. The van der Waals surface area contributed by atoms with Gasteiger partial charge in [-0.25, -0.2) is 9.78 Å². The van der Waals surface area contributed by atoms with Crippen LogP contribution in [-0.2, 0) is 4.79 Å². The predicted molar refractivity (Wildman–Crippen MR) is 107 cm³/mol. The van der Waals surface area contributed by atoms with Crippen molar-refractivity contribution in [3.8, 4) is 11.6 Å².